The van der Waals surface area contributed by atoms with Crippen LogP contribution in [0.5, 0.6) is 0 Å². The number of ether oxygens (including phenoxy) is 1. The first kappa shape index (κ1) is 13.6. The summed E-state index contributed by atoms with van der Waals surface area (Å²) in [5.41, 5.74) is 3.31. The van der Waals surface area contributed by atoms with Crippen LogP contribution in [-0.2, 0) is 4.74 Å². The Morgan fingerprint density at radius 1 is 1.35 bits per heavy atom. The molecule has 1 aromatic rings. The summed E-state index contributed by atoms with van der Waals surface area (Å²) >= 11 is 0. The number of hydrogen-bond acceptors (Lipinski definition) is 7. The molecule has 1 heterocycles. The van der Waals surface area contributed by atoms with E-state index in [-0.39, 0.29) is 12.6 Å². The summed E-state index contributed by atoms with van der Waals surface area (Å²) in [6.07, 6.45) is 0. The number of rotatable bonds is 6. The van der Waals surface area contributed by atoms with Crippen LogP contribution in [0.2, 0.25) is 0 Å². The Labute approximate surface area is 100 Å². The predicted octanol–water partition coefficient (Wildman–Crippen LogP) is -0.202. The molecule has 96 valence electrons. The number of aromatic nitrogens is 2. The summed E-state index contributed by atoms with van der Waals surface area (Å²) in [5.74, 6) is 7.17. The number of nitrogen functional groups attached to an aromatic ring is 1. The summed E-state index contributed by atoms with van der Waals surface area (Å²) in [5, 5.41) is 12.3. The first-order valence-electron chi connectivity index (χ1n) is 5.30. The van der Waals surface area contributed by atoms with Gasteiger partial charge < -0.3 is 20.6 Å². The molecule has 0 saturated heterocycles. The second-order valence-corrected chi connectivity index (χ2v) is 3.72. The second-order valence-electron chi connectivity index (χ2n) is 3.72. The molecule has 7 heteroatoms. The maximum Gasteiger partial charge on any atom is 0.148 e. The fourth-order valence-electron chi connectivity index (χ4n) is 1.44. The van der Waals surface area contributed by atoms with E-state index in [1.165, 1.54) is 0 Å². The van der Waals surface area contributed by atoms with Crippen LogP contribution in [0.1, 0.15) is 11.4 Å². The summed E-state index contributed by atoms with van der Waals surface area (Å²) in [6.45, 7) is 3.97. The predicted molar refractivity (Wildman–Crippen MR) is 65.7 cm³/mol. The Bertz CT molecular complexity index is 372. The topological polar surface area (TPSA) is 105 Å². The van der Waals surface area contributed by atoms with Gasteiger partial charge in [-0.1, -0.05) is 0 Å². The molecule has 0 radical (unpaired) electrons. The van der Waals surface area contributed by atoms with Crippen LogP contribution < -0.4 is 16.6 Å². The van der Waals surface area contributed by atoms with E-state index >= 15 is 0 Å². The third-order valence-electron chi connectivity index (χ3n) is 2.32. The largest absolute Gasteiger partial charge is 0.394 e. The van der Waals surface area contributed by atoms with Gasteiger partial charge in [0.2, 0.25) is 0 Å². The van der Waals surface area contributed by atoms with Crippen molar-refractivity contribution in [1.29, 1.82) is 0 Å². The zero-order valence-corrected chi connectivity index (χ0v) is 10.3. The molecule has 0 aromatic carbocycles. The smallest absolute Gasteiger partial charge is 0.148 e. The molecule has 0 spiro atoms. The molecule has 0 bridgehead atoms. The number of anilines is 2. The fraction of sp³-hybridized carbons (Fsp3) is 0.600. The van der Waals surface area contributed by atoms with Gasteiger partial charge in [0.05, 0.1) is 19.3 Å². The van der Waals surface area contributed by atoms with Gasteiger partial charge in [0, 0.05) is 12.7 Å². The summed E-state index contributed by atoms with van der Waals surface area (Å²) in [6, 6.07) is -0.210. The number of nitrogens with zero attached hydrogens (tertiary/aromatic N) is 2. The van der Waals surface area contributed by atoms with Crippen LogP contribution in [0.3, 0.4) is 0 Å². The quantitative estimate of drug-likeness (QED) is 0.403. The lowest BCUT2D eigenvalue weighted by Gasteiger charge is -2.18. The molecule has 1 rings (SSSR count). The average molecular weight is 241 g/mol. The van der Waals surface area contributed by atoms with Crippen LogP contribution >= 0.6 is 0 Å². The average Bonchev–Trinajstić information content (AvgIpc) is 2.32. The van der Waals surface area contributed by atoms with Crippen LogP contribution in [0, 0.1) is 13.8 Å². The van der Waals surface area contributed by atoms with Crippen LogP contribution in [-0.4, -0.2) is 41.4 Å². The van der Waals surface area contributed by atoms with Gasteiger partial charge in [-0.3, -0.25) is 0 Å². The van der Waals surface area contributed by atoms with Gasteiger partial charge >= 0.3 is 0 Å². The van der Waals surface area contributed by atoms with Gasteiger partial charge in [-0.2, -0.15) is 0 Å². The number of hydrogen-bond donors (Lipinski definition) is 4. The van der Waals surface area contributed by atoms with Crippen LogP contribution in [0.4, 0.5) is 11.6 Å². The Kier molecular flexibility index (Phi) is 5.08. The number of hydrazine groups is 1. The minimum Gasteiger partial charge on any atom is -0.394 e. The van der Waals surface area contributed by atoms with Crippen molar-refractivity contribution >= 4 is 11.6 Å². The van der Waals surface area contributed by atoms with E-state index < -0.39 is 0 Å². The molecule has 1 unspecified atom stereocenters. The van der Waals surface area contributed by atoms with Crippen molar-refractivity contribution in [2.45, 2.75) is 19.9 Å². The van der Waals surface area contributed by atoms with E-state index in [4.69, 9.17) is 10.6 Å². The Morgan fingerprint density at radius 2 is 2.00 bits per heavy atom. The summed E-state index contributed by atoms with van der Waals surface area (Å²) in [7, 11) is 1.58. The second kappa shape index (κ2) is 6.33. The number of methoxy groups -OCH3 is 1. The van der Waals surface area contributed by atoms with Gasteiger partial charge in [-0.25, -0.2) is 15.8 Å². The first-order chi connectivity index (χ1) is 8.12. The van der Waals surface area contributed by atoms with Crippen LogP contribution in [0.15, 0.2) is 0 Å². The van der Waals surface area contributed by atoms with Gasteiger partial charge in [0.15, 0.2) is 0 Å². The third kappa shape index (κ3) is 3.52. The van der Waals surface area contributed by atoms with Crippen molar-refractivity contribution in [3.8, 4) is 0 Å². The lowest BCUT2D eigenvalue weighted by Crippen LogP contribution is -2.30. The van der Waals surface area contributed by atoms with E-state index in [0.717, 1.165) is 5.56 Å². The molecule has 7 nitrogen and oxygen atoms in total. The molecule has 17 heavy (non-hydrogen) atoms. The highest BCUT2D eigenvalue weighted by atomic mass is 16.5. The number of aliphatic hydroxyl groups is 1. The molecular formula is C10H19N5O2. The van der Waals surface area contributed by atoms with Crippen molar-refractivity contribution < 1.29 is 9.84 Å². The molecule has 0 saturated carbocycles. The van der Waals surface area contributed by atoms with Crippen molar-refractivity contribution in [1.82, 2.24) is 9.97 Å². The molecule has 0 fully saturated rings. The van der Waals surface area contributed by atoms with Crippen molar-refractivity contribution in [3.63, 3.8) is 0 Å². The Morgan fingerprint density at radius 3 is 2.53 bits per heavy atom. The molecule has 1 aromatic heterocycles. The standard InChI is InChI=1S/C10H19N5O2/c1-6-9(14-8(4-16)5-17-3)12-7(2)13-10(6)15-11/h8,16H,4-5,11H2,1-3H3,(H2,12,13,14,15). The minimum absolute atomic E-state index is 0.0400. The van der Waals surface area contributed by atoms with E-state index in [2.05, 4.69) is 20.7 Å². The molecule has 5 N–H and O–H groups in total. The van der Waals surface area contributed by atoms with Crippen molar-refractivity contribution in [3.05, 3.63) is 11.4 Å². The van der Waals surface area contributed by atoms with Gasteiger partial charge in [-0.05, 0) is 13.8 Å². The molecule has 1 atom stereocenters. The zero-order valence-electron chi connectivity index (χ0n) is 10.3. The minimum atomic E-state index is -0.210. The first-order valence-corrected chi connectivity index (χ1v) is 5.30. The lowest BCUT2D eigenvalue weighted by atomic mass is 10.2. The molecule has 0 aliphatic heterocycles. The Hall–Kier alpha value is -1.44. The number of nitrogens with two attached hydrogens (primary N) is 1. The normalized spacial score (nSPS) is 12.3. The summed E-state index contributed by atoms with van der Waals surface area (Å²) < 4.78 is 4.99. The third-order valence-corrected chi connectivity index (χ3v) is 2.32. The maximum absolute atomic E-state index is 9.18. The molecular weight excluding hydrogens is 222 g/mol. The lowest BCUT2D eigenvalue weighted by molar-refractivity contribution is 0.153. The summed E-state index contributed by atoms with van der Waals surface area (Å²) in [4.78, 5) is 8.42. The van der Waals surface area contributed by atoms with E-state index in [1.807, 2.05) is 6.92 Å². The van der Waals surface area contributed by atoms with E-state index in [9.17, 15) is 5.11 Å². The number of aliphatic hydroxyl groups excluding tert-OH is 1. The van der Waals surface area contributed by atoms with Crippen LogP contribution in [0.25, 0.3) is 0 Å². The molecule has 0 amide bonds. The Balaban J connectivity index is 2.92. The number of aryl methyl sites for hydroxylation is 1. The highest BCUT2D eigenvalue weighted by molar-refractivity contribution is 5.57. The van der Waals surface area contributed by atoms with Gasteiger partial charge in [0.1, 0.15) is 17.5 Å². The highest BCUT2D eigenvalue weighted by Crippen LogP contribution is 2.19. The maximum atomic E-state index is 9.18. The fourth-order valence-corrected chi connectivity index (χ4v) is 1.44. The van der Waals surface area contributed by atoms with Gasteiger partial charge in [0.25, 0.3) is 0 Å². The van der Waals surface area contributed by atoms with E-state index in [1.54, 1.807) is 14.0 Å². The van der Waals surface area contributed by atoms with Crippen molar-refractivity contribution in [2.75, 3.05) is 31.1 Å². The zero-order chi connectivity index (χ0) is 12.8. The van der Waals surface area contributed by atoms with Crippen molar-refractivity contribution in [2.24, 2.45) is 5.84 Å². The monoisotopic (exact) mass is 241 g/mol. The highest BCUT2D eigenvalue weighted by Gasteiger charge is 2.12. The van der Waals surface area contributed by atoms with E-state index in [0.29, 0.717) is 24.1 Å². The molecule has 0 aliphatic rings. The molecule has 0 aliphatic carbocycles. The number of nitrogens with one attached hydrogen (secondary N) is 2. The van der Waals surface area contributed by atoms with Gasteiger partial charge in [-0.15, -0.1) is 0 Å². The SMILES string of the molecule is COCC(CO)Nc1nc(C)nc(NN)c1C.